The van der Waals surface area contributed by atoms with E-state index >= 15 is 0 Å². The highest BCUT2D eigenvalue weighted by Crippen LogP contribution is 2.25. The zero-order valence-electron chi connectivity index (χ0n) is 10.2. The third-order valence-corrected chi connectivity index (χ3v) is 4.79. The summed E-state index contributed by atoms with van der Waals surface area (Å²) in [6.07, 6.45) is 0.271. The second kappa shape index (κ2) is 6.04. The minimum absolute atomic E-state index is 0.0137. The number of amides is 1. The summed E-state index contributed by atoms with van der Waals surface area (Å²) < 4.78 is 22.9. The first-order valence-corrected chi connectivity index (χ1v) is 8.78. The number of anilines is 1. The van der Waals surface area contributed by atoms with E-state index in [1.807, 2.05) is 16.8 Å². The molecule has 106 valence electrons. The van der Waals surface area contributed by atoms with E-state index in [4.69, 9.17) is 5.14 Å². The van der Waals surface area contributed by atoms with Gasteiger partial charge in [0.05, 0.1) is 17.0 Å². The van der Waals surface area contributed by atoms with Gasteiger partial charge >= 0.3 is 0 Å². The van der Waals surface area contributed by atoms with Crippen molar-refractivity contribution in [1.29, 1.82) is 0 Å². The van der Waals surface area contributed by atoms with Crippen molar-refractivity contribution in [2.75, 3.05) is 5.32 Å². The van der Waals surface area contributed by atoms with Crippen molar-refractivity contribution in [3.8, 4) is 0 Å². The second-order valence-electron chi connectivity index (χ2n) is 4.04. The molecule has 8 heteroatoms. The standard InChI is InChI=1S/C12H11BrN2O3S2/c13-10-6-9(20(14,17)18)1-2-11(10)15-12(16)5-8-3-4-19-7-8/h1-4,6-7H,5H2,(H,15,16)(H2,14,17,18). The minimum atomic E-state index is -3.75. The van der Waals surface area contributed by atoms with Crippen LogP contribution in [0.2, 0.25) is 0 Å². The first-order valence-electron chi connectivity index (χ1n) is 5.49. The largest absolute Gasteiger partial charge is 0.325 e. The summed E-state index contributed by atoms with van der Waals surface area (Å²) in [6, 6.07) is 6.08. The third kappa shape index (κ3) is 3.89. The van der Waals surface area contributed by atoms with E-state index in [2.05, 4.69) is 21.2 Å². The highest BCUT2D eigenvalue weighted by Gasteiger charge is 2.12. The predicted octanol–water partition coefficient (Wildman–Crippen LogP) is 2.34. The molecule has 3 N–H and O–H groups in total. The SMILES string of the molecule is NS(=O)(=O)c1ccc(NC(=O)Cc2ccsc2)c(Br)c1. The smallest absolute Gasteiger partial charge is 0.238 e. The normalized spacial score (nSPS) is 11.3. The zero-order chi connectivity index (χ0) is 14.8. The van der Waals surface area contributed by atoms with Crippen LogP contribution in [0.5, 0.6) is 0 Å². The second-order valence-corrected chi connectivity index (χ2v) is 7.24. The quantitative estimate of drug-likeness (QED) is 0.860. The summed E-state index contributed by atoms with van der Waals surface area (Å²) >= 11 is 4.74. The van der Waals surface area contributed by atoms with Crippen molar-refractivity contribution in [3.63, 3.8) is 0 Å². The Morgan fingerprint density at radius 2 is 2.10 bits per heavy atom. The number of rotatable bonds is 4. The van der Waals surface area contributed by atoms with Crippen LogP contribution in [0.15, 0.2) is 44.4 Å². The highest BCUT2D eigenvalue weighted by molar-refractivity contribution is 9.10. The first-order chi connectivity index (χ1) is 9.36. The number of carbonyl (C=O) groups is 1. The van der Waals surface area contributed by atoms with Gasteiger partial charge in [0.25, 0.3) is 0 Å². The van der Waals surface area contributed by atoms with Crippen LogP contribution < -0.4 is 10.5 Å². The van der Waals surface area contributed by atoms with Gasteiger partial charge in [-0.2, -0.15) is 11.3 Å². The van der Waals surface area contributed by atoms with Gasteiger partial charge in [0.1, 0.15) is 0 Å². The molecule has 0 bridgehead atoms. The highest BCUT2D eigenvalue weighted by atomic mass is 79.9. The molecule has 1 heterocycles. The molecule has 0 atom stereocenters. The fourth-order valence-corrected chi connectivity index (χ4v) is 3.39. The zero-order valence-corrected chi connectivity index (χ0v) is 13.4. The number of carbonyl (C=O) groups excluding carboxylic acids is 1. The summed E-state index contributed by atoms with van der Waals surface area (Å²) in [7, 11) is -3.75. The minimum Gasteiger partial charge on any atom is -0.325 e. The Labute approximate surface area is 129 Å². The predicted molar refractivity (Wildman–Crippen MR) is 82.2 cm³/mol. The lowest BCUT2D eigenvalue weighted by atomic mass is 10.2. The van der Waals surface area contributed by atoms with Crippen LogP contribution in [-0.4, -0.2) is 14.3 Å². The maximum absolute atomic E-state index is 11.8. The summed E-state index contributed by atoms with van der Waals surface area (Å²) in [6.45, 7) is 0. The van der Waals surface area contributed by atoms with E-state index in [9.17, 15) is 13.2 Å². The fraction of sp³-hybridized carbons (Fsp3) is 0.0833. The van der Waals surface area contributed by atoms with Gasteiger partial charge in [-0.25, -0.2) is 13.6 Å². The molecule has 0 aliphatic heterocycles. The van der Waals surface area contributed by atoms with E-state index in [1.165, 1.54) is 29.5 Å². The van der Waals surface area contributed by atoms with Crippen LogP contribution in [0.25, 0.3) is 0 Å². The van der Waals surface area contributed by atoms with Gasteiger partial charge in [0.2, 0.25) is 15.9 Å². The van der Waals surface area contributed by atoms with Gasteiger partial charge in [-0.3, -0.25) is 4.79 Å². The van der Waals surface area contributed by atoms with E-state index < -0.39 is 10.0 Å². The van der Waals surface area contributed by atoms with Gasteiger partial charge in [0.15, 0.2) is 0 Å². The van der Waals surface area contributed by atoms with Crippen molar-refractivity contribution in [2.24, 2.45) is 5.14 Å². The number of primary sulfonamides is 1. The molecule has 1 aromatic carbocycles. The number of hydrogen-bond acceptors (Lipinski definition) is 4. The lowest BCUT2D eigenvalue weighted by Gasteiger charge is -2.08. The Morgan fingerprint density at radius 3 is 2.65 bits per heavy atom. The number of nitrogens with two attached hydrogens (primary N) is 1. The Kier molecular flexibility index (Phi) is 4.59. The van der Waals surface area contributed by atoms with Crippen molar-refractivity contribution in [3.05, 3.63) is 45.1 Å². The van der Waals surface area contributed by atoms with E-state index in [0.29, 0.717) is 10.2 Å². The van der Waals surface area contributed by atoms with Crippen molar-refractivity contribution >= 4 is 48.9 Å². The Morgan fingerprint density at radius 1 is 1.35 bits per heavy atom. The fourth-order valence-electron chi connectivity index (χ4n) is 1.55. The van der Waals surface area contributed by atoms with Crippen LogP contribution in [0.1, 0.15) is 5.56 Å². The molecule has 0 radical (unpaired) electrons. The van der Waals surface area contributed by atoms with Crippen LogP contribution in [0.3, 0.4) is 0 Å². The molecule has 0 aliphatic carbocycles. The number of benzene rings is 1. The Bertz CT molecular complexity index is 727. The van der Waals surface area contributed by atoms with Gasteiger partial charge in [-0.1, -0.05) is 0 Å². The summed E-state index contributed by atoms with van der Waals surface area (Å²) in [5.74, 6) is -0.174. The molecule has 2 aromatic rings. The Hall–Kier alpha value is -1.22. The number of thiophene rings is 1. The van der Waals surface area contributed by atoms with Crippen LogP contribution >= 0.6 is 27.3 Å². The molecule has 1 aromatic heterocycles. The topological polar surface area (TPSA) is 89.3 Å². The molecular weight excluding hydrogens is 364 g/mol. The lowest BCUT2D eigenvalue weighted by Crippen LogP contribution is -2.15. The summed E-state index contributed by atoms with van der Waals surface area (Å²) in [5.41, 5.74) is 1.43. The number of sulfonamides is 1. The van der Waals surface area contributed by atoms with E-state index in [0.717, 1.165) is 5.56 Å². The monoisotopic (exact) mass is 374 g/mol. The van der Waals surface area contributed by atoms with Crippen molar-refractivity contribution in [1.82, 2.24) is 0 Å². The average Bonchev–Trinajstić information content (AvgIpc) is 2.83. The van der Waals surface area contributed by atoms with E-state index in [-0.39, 0.29) is 17.2 Å². The number of halogens is 1. The molecule has 5 nitrogen and oxygen atoms in total. The first kappa shape index (κ1) is 15.2. The molecule has 0 saturated carbocycles. The maximum atomic E-state index is 11.8. The maximum Gasteiger partial charge on any atom is 0.238 e. The van der Waals surface area contributed by atoms with E-state index in [1.54, 1.807) is 0 Å². The van der Waals surface area contributed by atoms with Crippen LogP contribution in [-0.2, 0) is 21.2 Å². The molecule has 0 saturated heterocycles. The Balaban J connectivity index is 2.12. The molecule has 0 unspecified atom stereocenters. The van der Waals surface area contributed by atoms with Crippen LogP contribution in [0, 0.1) is 0 Å². The molecular formula is C12H11BrN2O3S2. The summed E-state index contributed by atoms with van der Waals surface area (Å²) in [5, 5.41) is 11.5. The molecule has 1 amide bonds. The van der Waals surface area contributed by atoms with Gasteiger partial charge in [0, 0.05) is 4.47 Å². The van der Waals surface area contributed by atoms with Gasteiger partial charge in [-0.05, 0) is 56.5 Å². The third-order valence-electron chi connectivity index (χ3n) is 2.49. The van der Waals surface area contributed by atoms with Gasteiger partial charge in [-0.15, -0.1) is 0 Å². The molecule has 20 heavy (non-hydrogen) atoms. The van der Waals surface area contributed by atoms with Crippen molar-refractivity contribution < 1.29 is 13.2 Å². The molecule has 2 rings (SSSR count). The molecule has 0 fully saturated rings. The lowest BCUT2D eigenvalue weighted by molar-refractivity contribution is -0.115. The number of hydrogen-bond donors (Lipinski definition) is 2. The summed E-state index contributed by atoms with van der Waals surface area (Å²) in [4.78, 5) is 11.8. The van der Waals surface area contributed by atoms with Gasteiger partial charge < -0.3 is 5.32 Å². The molecule has 0 aliphatic rings. The van der Waals surface area contributed by atoms with Crippen molar-refractivity contribution in [2.45, 2.75) is 11.3 Å². The number of nitrogens with one attached hydrogen (secondary N) is 1. The van der Waals surface area contributed by atoms with Crippen LogP contribution in [0.4, 0.5) is 5.69 Å². The average molecular weight is 375 g/mol. The molecule has 0 spiro atoms.